The second-order valence-corrected chi connectivity index (χ2v) is 4.72. The summed E-state index contributed by atoms with van der Waals surface area (Å²) < 4.78 is 5.74. The van der Waals surface area contributed by atoms with Crippen LogP contribution in [-0.4, -0.2) is 28.1 Å². The standard InChI is InChI=1S/C14H15N5O/c15-8-11-2-1-3-12(19-11)18-9-10-4-7-20-13(10)14-16-5-6-17-14/h1-3,5-6,10,13H,4,7,9H2,(H,16,17)(H,18,19)/t10-,13+/m0/s1. The van der Waals surface area contributed by atoms with E-state index in [0.29, 0.717) is 17.4 Å². The lowest BCUT2D eigenvalue weighted by Crippen LogP contribution is -2.19. The Balaban J connectivity index is 1.64. The second kappa shape index (κ2) is 5.72. The molecular formula is C14H15N5O. The molecular weight excluding hydrogens is 254 g/mol. The Kier molecular flexibility index (Phi) is 3.61. The van der Waals surface area contributed by atoms with Gasteiger partial charge in [-0.1, -0.05) is 6.07 Å². The molecule has 0 aromatic carbocycles. The molecule has 102 valence electrons. The van der Waals surface area contributed by atoms with Crippen molar-refractivity contribution in [3.05, 3.63) is 42.1 Å². The van der Waals surface area contributed by atoms with E-state index in [1.54, 1.807) is 18.5 Å². The Morgan fingerprint density at radius 2 is 2.45 bits per heavy atom. The number of nitrogens with zero attached hydrogens (tertiary/aromatic N) is 3. The van der Waals surface area contributed by atoms with E-state index in [4.69, 9.17) is 10.00 Å². The van der Waals surface area contributed by atoms with Crippen LogP contribution in [0.15, 0.2) is 30.6 Å². The van der Waals surface area contributed by atoms with E-state index in [2.05, 4.69) is 20.3 Å². The molecule has 1 fully saturated rings. The van der Waals surface area contributed by atoms with Crippen molar-refractivity contribution in [2.45, 2.75) is 12.5 Å². The Bertz CT molecular complexity index is 604. The monoisotopic (exact) mass is 269 g/mol. The van der Waals surface area contributed by atoms with Crippen LogP contribution in [-0.2, 0) is 4.74 Å². The third kappa shape index (κ3) is 2.63. The van der Waals surface area contributed by atoms with Crippen LogP contribution < -0.4 is 5.32 Å². The fourth-order valence-corrected chi connectivity index (χ4v) is 2.41. The van der Waals surface area contributed by atoms with E-state index in [9.17, 15) is 0 Å². The van der Waals surface area contributed by atoms with Crippen molar-refractivity contribution in [2.24, 2.45) is 5.92 Å². The van der Waals surface area contributed by atoms with E-state index in [-0.39, 0.29) is 6.10 Å². The van der Waals surface area contributed by atoms with Gasteiger partial charge in [-0.2, -0.15) is 5.26 Å². The van der Waals surface area contributed by atoms with Crippen molar-refractivity contribution in [3.8, 4) is 6.07 Å². The molecule has 2 aromatic rings. The molecule has 0 amide bonds. The minimum Gasteiger partial charge on any atom is -0.370 e. The maximum Gasteiger partial charge on any atom is 0.142 e. The van der Waals surface area contributed by atoms with Crippen molar-refractivity contribution in [1.82, 2.24) is 15.0 Å². The van der Waals surface area contributed by atoms with Gasteiger partial charge in [0.15, 0.2) is 0 Å². The first-order chi connectivity index (χ1) is 9.86. The molecule has 2 aromatic heterocycles. The number of ether oxygens (including phenoxy) is 1. The fraction of sp³-hybridized carbons (Fsp3) is 0.357. The molecule has 6 nitrogen and oxygen atoms in total. The minimum absolute atomic E-state index is 0.00310. The maximum absolute atomic E-state index is 8.84. The molecule has 0 spiro atoms. The first-order valence-corrected chi connectivity index (χ1v) is 6.59. The molecule has 1 aliphatic rings. The predicted molar refractivity (Wildman–Crippen MR) is 72.8 cm³/mol. The van der Waals surface area contributed by atoms with Gasteiger partial charge in [-0.05, 0) is 18.6 Å². The molecule has 2 atom stereocenters. The van der Waals surface area contributed by atoms with Gasteiger partial charge in [0.1, 0.15) is 29.5 Å². The molecule has 0 unspecified atom stereocenters. The van der Waals surface area contributed by atoms with Gasteiger partial charge in [0.25, 0.3) is 0 Å². The van der Waals surface area contributed by atoms with Gasteiger partial charge in [0.05, 0.1) is 0 Å². The largest absolute Gasteiger partial charge is 0.370 e. The normalized spacial score (nSPS) is 21.6. The number of imidazole rings is 1. The summed E-state index contributed by atoms with van der Waals surface area (Å²) in [6.45, 7) is 1.48. The molecule has 0 bridgehead atoms. The number of nitriles is 1. The summed E-state index contributed by atoms with van der Waals surface area (Å²) in [6.07, 6.45) is 4.52. The molecule has 0 aliphatic carbocycles. The van der Waals surface area contributed by atoms with Gasteiger partial charge in [-0.15, -0.1) is 0 Å². The zero-order chi connectivity index (χ0) is 13.8. The number of H-pyrrole nitrogens is 1. The highest BCUT2D eigenvalue weighted by Crippen LogP contribution is 2.32. The number of pyridine rings is 1. The molecule has 2 N–H and O–H groups in total. The molecule has 0 saturated carbocycles. The van der Waals surface area contributed by atoms with Crippen molar-refractivity contribution >= 4 is 5.82 Å². The third-order valence-corrected chi connectivity index (χ3v) is 3.41. The van der Waals surface area contributed by atoms with E-state index in [1.165, 1.54) is 0 Å². The molecule has 3 rings (SSSR count). The SMILES string of the molecule is N#Cc1cccc(NC[C@@H]2CCO[C@H]2c2ncc[nH]2)n1. The Morgan fingerprint density at radius 3 is 3.25 bits per heavy atom. The predicted octanol–water partition coefficient (Wildman–Crippen LogP) is 1.87. The third-order valence-electron chi connectivity index (χ3n) is 3.41. The van der Waals surface area contributed by atoms with Gasteiger partial charge < -0.3 is 15.0 Å². The van der Waals surface area contributed by atoms with Gasteiger partial charge >= 0.3 is 0 Å². The summed E-state index contributed by atoms with van der Waals surface area (Å²) in [4.78, 5) is 11.6. The second-order valence-electron chi connectivity index (χ2n) is 4.72. The first kappa shape index (κ1) is 12.6. The summed E-state index contributed by atoms with van der Waals surface area (Å²) >= 11 is 0. The van der Waals surface area contributed by atoms with Gasteiger partial charge in [0, 0.05) is 31.5 Å². The summed E-state index contributed by atoms with van der Waals surface area (Å²) in [5, 5.41) is 12.1. The van der Waals surface area contributed by atoms with Crippen molar-refractivity contribution in [2.75, 3.05) is 18.5 Å². The average Bonchev–Trinajstić information content (AvgIpc) is 3.16. The smallest absolute Gasteiger partial charge is 0.142 e. The number of nitrogens with one attached hydrogen (secondary N) is 2. The van der Waals surface area contributed by atoms with E-state index in [0.717, 1.165) is 25.4 Å². The molecule has 1 aliphatic heterocycles. The number of aromatic nitrogens is 3. The Hall–Kier alpha value is -2.39. The van der Waals surface area contributed by atoms with Crippen LogP contribution >= 0.6 is 0 Å². The number of anilines is 1. The zero-order valence-electron chi connectivity index (χ0n) is 10.9. The number of rotatable bonds is 4. The lowest BCUT2D eigenvalue weighted by atomic mass is 10.0. The summed E-state index contributed by atoms with van der Waals surface area (Å²) in [5.41, 5.74) is 0.417. The quantitative estimate of drug-likeness (QED) is 0.884. The van der Waals surface area contributed by atoms with Crippen LogP contribution in [0.4, 0.5) is 5.82 Å². The van der Waals surface area contributed by atoms with Crippen molar-refractivity contribution in [3.63, 3.8) is 0 Å². The summed E-state index contributed by atoms with van der Waals surface area (Å²) in [5.74, 6) is 1.93. The maximum atomic E-state index is 8.84. The van der Waals surface area contributed by atoms with Crippen molar-refractivity contribution < 1.29 is 4.74 Å². The summed E-state index contributed by atoms with van der Waals surface area (Å²) in [6, 6.07) is 7.41. The molecule has 3 heterocycles. The van der Waals surface area contributed by atoms with Crippen LogP contribution in [0.5, 0.6) is 0 Å². The van der Waals surface area contributed by atoms with Crippen LogP contribution in [0.3, 0.4) is 0 Å². The van der Waals surface area contributed by atoms with Crippen LogP contribution in [0.2, 0.25) is 0 Å². The number of aromatic amines is 1. The van der Waals surface area contributed by atoms with Gasteiger partial charge in [-0.25, -0.2) is 9.97 Å². The minimum atomic E-state index is -0.00310. The highest BCUT2D eigenvalue weighted by atomic mass is 16.5. The van der Waals surface area contributed by atoms with E-state index < -0.39 is 0 Å². The fourth-order valence-electron chi connectivity index (χ4n) is 2.41. The molecule has 1 saturated heterocycles. The Morgan fingerprint density at radius 1 is 1.50 bits per heavy atom. The lowest BCUT2D eigenvalue weighted by molar-refractivity contribution is 0.0868. The summed E-state index contributed by atoms with van der Waals surface area (Å²) in [7, 11) is 0. The van der Waals surface area contributed by atoms with E-state index in [1.807, 2.05) is 18.2 Å². The highest BCUT2D eigenvalue weighted by molar-refractivity contribution is 5.38. The van der Waals surface area contributed by atoms with Crippen LogP contribution in [0.25, 0.3) is 0 Å². The highest BCUT2D eigenvalue weighted by Gasteiger charge is 2.31. The van der Waals surface area contributed by atoms with Crippen LogP contribution in [0, 0.1) is 17.2 Å². The van der Waals surface area contributed by atoms with Gasteiger partial charge in [0.2, 0.25) is 0 Å². The topological polar surface area (TPSA) is 86.6 Å². The molecule has 20 heavy (non-hydrogen) atoms. The number of hydrogen-bond donors (Lipinski definition) is 2. The van der Waals surface area contributed by atoms with E-state index >= 15 is 0 Å². The molecule has 6 heteroatoms. The molecule has 0 radical (unpaired) electrons. The Labute approximate surface area is 116 Å². The average molecular weight is 269 g/mol. The lowest BCUT2D eigenvalue weighted by Gasteiger charge is -2.17. The first-order valence-electron chi connectivity index (χ1n) is 6.59. The zero-order valence-corrected chi connectivity index (χ0v) is 10.9. The number of hydrogen-bond acceptors (Lipinski definition) is 5. The van der Waals surface area contributed by atoms with Crippen LogP contribution in [0.1, 0.15) is 24.0 Å². The van der Waals surface area contributed by atoms with Gasteiger partial charge in [-0.3, -0.25) is 0 Å². The van der Waals surface area contributed by atoms with Crippen molar-refractivity contribution in [1.29, 1.82) is 5.26 Å².